The zero-order valence-electron chi connectivity index (χ0n) is 21.5. The Morgan fingerprint density at radius 3 is 2.46 bits per heavy atom. The second-order valence-corrected chi connectivity index (χ2v) is 9.79. The average molecular weight is 490 g/mol. The lowest BCUT2D eigenvalue weighted by Crippen LogP contribution is -2.38. The maximum Gasteiger partial charge on any atom is 0.410 e. The van der Waals surface area contributed by atoms with Gasteiger partial charge >= 0.3 is 6.09 Å². The van der Waals surface area contributed by atoms with E-state index in [1.54, 1.807) is 40.0 Å². The number of halogens is 1. The van der Waals surface area contributed by atoms with Gasteiger partial charge < -0.3 is 24.0 Å². The molecular weight excluding hydrogens is 453 g/mol. The molecule has 1 amide bonds. The van der Waals surface area contributed by atoms with Gasteiger partial charge in [-0.2, -0.15) is 4.98 Å². The van der Waals surface area contributed by atoms with Gasteiger partial charge in [0.25, 0.3) is 0 Å². The molecule has 10 heteroatoms. The molecule has 0 atom stereocenters. The molecule has 1 saturated heterocycles. The third kappa shape index (κ3) is 7.42. The smallest absolute Gasteiger partial charge is 0.410 e. The zero-order chi connectivity index (χ0) is 25.6. The Balaban J connectivity index is 1.62. The maximum atomic E-state index is 13.4. The van der Waals surface area contributed by atoms with Crippen molar-refractivity contribution in [3.8, 4) is 17.1 Å². The summed E-state index contributed by atoms with van der Waals surface area (Å²) in [6.45, 7) is 12.5. The maximum absolute atomic E-state index is 13.4. The number of benzene rings is 1. The molecular formula is C25H36FN5O4. The van der Waals surface area contributed by atoms with E-state index in [-0.39, 0.29) is 19.2 Å². The fraction of sp³-hybridized carbons (Fsp3) is 0.560. The number of likely N-dealkylation sites (N-methyl/N-ethyl adjacent to an activating group) is 1. The molecule has 1 aliphatic heterocycles. The molecule has 0 radical (unpaired) electrons. The number of anilines is 1. The highest BCUT2D eigenvalue weighted by Crippen LogP contribution is 2.25. The van der Waals surface area contributed by atoms with Gasteiger partial charge in [0.2, 0.25) is 5.95 Å². The summed E-state index contributed by atoms with van der Waals surface area (Å²) in [5.74, 6) is 2.05. The van der Waals surface area contributed by atoms with Crippen LogP contribution in [-0.4, -0.2) is 77.9 Å². The number of amides is 1. The number of rotatable bonds is 8. The van der Waals surface area contributed by atoms with E-state index in [0.29, 0.717) is 36.7 Å². The number of carbonyl (C=O) groups is 1. The van der Waals surface area contributed by atoms with Crippen molar-refractivity contribution in [2.75, 3.05) is 51.4 Å². The van der Waals surface area contributed by atoms with Gasteiger partial charge in [0, 0.05) is 31.3 Å². The molecule has 0 unspecified atom stereocenters. The molecule has 192 valence electrons. The lowest BCUT2D eigenvalue weighted by atomic mass is 10.2. The lowest BCUT2D eigenvalue weighted by Gasteiger charge is -2.28. The quantitative estimate of drug-likeness (QED) is 0.541. The van der Waals surface area contributed by atoms with Gasteiger partial charge in [0.1, 0.15) is 18.0 Å². The molecule has 0 N–H and O–H groups in total. The van der Waals surface area contributed by atoms with Gasteiger partial charge in [-0.25, -0.2) is 13.9 Å². The van der Waals surface area contributed by atoms with Crippen LogP contribution < -0.4 is 9.64 Å². The standard InChI is InChI=1S/C25H36FN5O4/c1-18(2)31-23(30-11-13-33-14-12-30)27-22(28-31)20-7-9-21(10-8-20)34-17-19(15-26)16-29(6)24(32)35-25(3,4)5/h7-10,15,18H,11-14,16-17H2,1-6H3/b19-15+. The molecule has 0 bridgehead atoms. The summed E-state index contributed by atoms with van der Waals surface area (Å²) in [5, 5.41) is 4.72. The number of aromatic nitrogens is 3. The average Bonchev–Trinajstić information content (AvgIpc) is 3.27. The second-order valence-electron chi connectivity index (χ2n) is 9.79. The zero-order valence-corrected chi connectivity index (χ0v) is 21.5. The Morgan fingerprint density at radius 1 is 1.23 bits per heavy atom. The van der Waals surface area contributed by atoms with E-state index in [1.165, 1.54) is 4.90 Å². The highest BCUT2D eigenvalue weighted by atomic mass is 19.1. The van der Waals surface area contributed by atoms with Crippen molar-refractivity contribution in [1.29, 1.82) is 0 Å². The van der Waals surface area contributed by atoms with Gasteiger partial charge in [0.15, 0.2) is 5.82 Å². The monoisotopic (exact) mass is 489 g/mol. The minimum Gasteiger partial charge on any atom is -0.489 e. The molecule has 1 aliphatic rings. The van der Waals surface area contributed by atoms with Crippen LogP contribution in [0.1, 0.15) is 40.7 Å². The number of ether oxygens (including phenoxy) is 3. The van der Waals surface area contributed by atoms with E-state index < -0.39 is 11.7 Å². The number of carbonyl (C=O) groups excluding carboxylic acids is 1. The van der Waals surface area contributed by atoms with E-state index in [4.69, 9.17) is 24.3 Å². The Hall–Kier alpha value is -3.14. The molecule has 1 fully saturated rings. The largest absolute Gasteiger partial charge is 0.489 e. The molecule has 3 rings (SSSR count). The van der Waals surface area contributed by atoms with Crippen LogP contribution in [0.5, 0.6) is 5.75 Å². The van der Waals surface area contributed by atoms with Crippen LogP contribution in [0.2, 0.25) is 0 Å². The molecule has 9 nitrogen and oxygen atoms in total. The molecule has 2 heterocycles. The second kappa shape index (κ2) is 11.5. The van der Waals surface area contributed by atoms with E-state index in [9.17, 15) is 9.18 Å². The highest BCUT2D eigenvalue weighted by molar-refractivity contribution is 5.68. The van der Waals surface area contributed by atoms with Gasteiger partial charge in [-0.15, -0.1) is 5.10 Å². The topological polar surface area (TPSA) is 82.0 Å². The van der Waals surface area contributed by atoms with Crippen molar-refractivity contribution >= 4 is 12.0 Å². The summed E-state index contributed by atoms with van der Waals surface area (Å²) >= 11 is 0. The van der Waals surface area contributed by atoms with E-state index >= 15 is 0 Å². The van der Waals surface area contributed by atoms with Crippen molar-refractivity contribution in [1.82, 2.24) is 19.7 Å². The molecule has 1 aromatic heterocycles. The van der Waals surface area contributed by atoms with Gasteiger partial charge in [-0.1, -0.05) is 0 Å². The van der Waals surface area contributed by atoms with E-state index in [2.05, 4.69) is 18.7 Å². The van der Waals surface area contributed by atoms with E-state index in [1.807, 2.05) is 16.8 Å². The number of morpholine rings is 1. The lowest BCUT2D eigenvalue weighted by molar-refractivity contribution is 0.0310. The van der Waals surface area contributed by atoms with Gasteiger partial charge in [0.05, 0.1) is 32.1 Å². The van der Waals surface area contributed by atoms with Crippen LogP contribution in [0, 0.1) is 0 Å². The van der Waals surface area contributed by atoms with Crippen LogP contribution in [-0.2, 0) is 9.47 Å². The Kier molecular flexibility index (Phi) is 8.71. The van der Waals surface area contributed by atoms with Crippen molar-refractivity contribution in [2.24, 2.45) is 0 Å². The normalized spacial score (nSPS) is 14.9. The first-order valence-corrected chi connectivity index (χ1v) is 11.8. The van der Waals surface area contributed by atoms with Crippen LogP contribution >= 0.6 is 0 Å². The Labute approximate surface area is 206 Å². The van der Waals surface area contributed by atoms with Crippen molar-refractivity contribution in [3.05, 3.63) is 36.2 Å². The fourth-order valence-electron chi connectivity index (χ4n) is 3.46. The third-order valence-corrected chi connectivity index (χ3v) is 5.23. The first-order valence-electron chi connectivity index (χ1n) is 11.8. The first kappa shape index (κ1) is 26.5. The number of nitrogens with zero attached hydrogens (tertiary/aromatic N) is 5. The summed E-state index contributed by atoms with van der Waals surface area (Å²) < 4.78 is 31.8. The minimum atomic E-state index is -0.619. The highest BCUT2D eigenvalue weighted by Gasteiger charge is 2.22. The molecule has 35 heavy (non-hydrogen) atoms. The van der Waals surface area contributed by atoms with Crippen LogP contribution in [0.4, 0.5) is 15.1 Å². The number of hydrogen-bond acceptors (Lipinski definition) is 7. The van der Waals surface area contributed by atoms with Gasteiger partial charge in [-0.3, -0.25) is 0 Å². The van der Waals surface area contributed by atoms with E-state index in [0.717, 1.165) is 24.6 Å². The van der Waals surface area contributed by atoms with Crippen LogP contribution in [0.25, 0.3) is 11.4 Å². The van der Waals surface area contributed by atoms with Crippen molar-refractivity contribution in [3.63, 3.8) is 0 Å². The van der Waals surface area contributed by atoms with Crippen LogP contribution in [0.15, 0.2) is 36.2 Å². The first-order chi connectivity index (χ1) is 16.6. The molecule has 0 spiro atoms. The molecule has 1 aromatic carbocycles. The van der Waals surface area contributed by atoms with Gasteiger partial charge in [-0.05, 0) is 58.9 Å². The van der Waals surface area contributed by atoms with Crippen molar-refractivity contribution in [2.45, 2.75) is 46.3 Å². The number of hydrogen-bond donors (Lipinski definition) is 0. The predicted octanol–water partition coefficient (Wildman–Crippen LogP) is 4.46. The third-order valence-electron chi connectivity index (χ3n) is 5.23. The Morgan fingerprint density at radius 2 is 1.89 bits per heavy atom. The van der Waals surface area contributed by atoms with Crippen LogP contribution in [0.3, 0.4) is 0 Å². The summed E-state index contributed by atoms with van der Waals surface area (Å²) in [6, 6.07) is 7.52. The Bertz CT molecular complexity index is 1010. The minimum absolute atomic E-state index is 0.00436. The van der Waals surface area contributed by atoms with Crippen molar-refractivity contribution < 1.29 is 23.4 Å². The predicted molar refractivity (Wildman–Crippen MR) is 132 cm³/mol. The summed E-state index contributed by atoms with van der Waals surface area (Å²) in [4.78, 5) is 20.4. The molecule has 0 aliphatic carbocycles. The summed E-state index contributed by atoms with van der Waals surface area (Å²) in [7, 11) is 1.56. The fourth-order valence-corrected chi connectivity index (χ4v) is 3.46. The summed E-state index contributed by atoms with van der Waals surface area (Å²) in [5.41, 5.74) is 0.554. The summed E-state index contributed by atoms with van der Waals surface area (Å²) in [6.07, 6.45) is -0.0591. The molecule has 2 aromatic rings. The SMILES string of the molecule is CC(C)n1nc(-c2ccc(OC/C(=C/F)CN(C)C(=O)OC(C)(C)C)cc2)nc1N1CCOCC1. The molecule has 0 saturated carbocycles.